The van der Waals surface area contributed by atoms with Gasteiger partial charge in [0, 0.05) is 36.1 Å². The minimum atomic E-state index is -2.57. The summed E-state index contributed by atoms with van der Waals surface area (Å²) in [5.74, 6) is 0.160. The summed E-state index contributed by atoms with van der Waals surface area (Å²) in [4.78, 5) is 11.0. The lowest BCUT2D eigenvalue weighted by Crippen LogP contribution is -2.32. The molecule has 1 fully saturated rings. The van der Waals surface area contributed by atoms with Crippen molar-refractivity contribution in [2.75, 3.05) is 13.1 Å². The summed E-state index contributed by atoms with van der Waals surface area (Å²) < 4.78 is 32.1. The number of likely N-dealkylation sites (tertiary alicyclic amines) is 1. The normalized spacial score (nSPS) is 16.0. The van der Waals surface area contributed by atoms with E-state index in [1.54, 1.807) is 19.2 Å². The molecule has 1 saturated heterocycles. The molecular formula is C19H21ClF2N4O. The maximum atomic E-state index is 13.5. The molecule has 1 aliphatic rings. The van der Waals surface area contributed by atoms with Crippen LogP contribution in [0.3, 0.4) is 0 Å². The SMILES string of the molecule is Cc1noc2nc(C3CCN(Cc4cccnc4)CC3)cc(C(F)F)c12.Cl. The van der Waals surface area contributed by atoms with Crippen molar-refractivity contribution in [1.82, 2.24) is 20.0 Å². The predicted molar refractivity (Wildman–Crippen MR) is 100 cm³/mol. The number of hydrogen-bond donors (Lipinski definition) is 0. The highest BCUT2D eigenvalue weighted by Gasteiger charge is 2.26. The molecule has 27 heavy (non-hydrogen) atoms. The van der Waals surface area contributed by atoms with Crippen molar-refractivity contribution in [3.05, 3.63) is 53.1 Å². The fourth-order valence-corrected chi connectivity index (χ4v) is 3.67. The van der Waals surface area contributed by atoms with Gasteiger partial charge in [-0.05, 0) is 50.6 Å². The monoisotopic (exact) mass is 394 g/mol. The molecule has 0 saturated carbocycles. The first-order chi connectivity index (χ1) is 12.6. The van der Waals surface area contributed by atoms with Crippen LogP contribution >= 0.6 is 12.4 Å². The van der Waals surface area contributed by atoms with E-state index in [0.29, 0.717) is 16.8 Å². The zero-order valence-corrected chi connectivity index (χ0v) is 15.8. The fraction of sp³-hybridized carbons (Fsp3) is 0.421. The Morgan fingerprint density at radius 1 is 1.30 bits per heavy atom. The summed E-state index contributed by atoms with van der Waals surface area (Å²) >= 11 is 0. The second-order valence-electron chi connectivity index (χ2n) is 6.80. The molecule has 0 bridgehead atoms. The maximum absolute atomic E-state index is 13.5. The number of aromatic nitrogens is 3. The molecule has 0 radical (unpaired) electrons. The van der Waals surface area contributed by atoms with Crippen LogP contribution in [0, 0.1) is 6.92 Å². The van der Waals surface area contributed by atoms with Gasteiger partial charge in [0.1, 0.15) is 0 Å². The Bertz CT molecular complexity index is 895. The summed E-state index contributed by atoms with van der Waals surface area (Å²) in [7, 11) is 0. The number of rotatable bonds is 4. The Morgan fingerprint density at radius 2 is 2.07 bits per heavy atom. The van der Waals surface area contributed by atoms with Crippen LogP contribution in [0.15, 0.2) is 35.1 Å². The third-order valence-electron chi connectivity index (χ3n) is 5.04. The van der Waals surface area contributed by atoms with E-state index in [9.17, 15) is 8.78 Å². The molecule has 8 heteroatoms. The molecule has 3 aromatic rings. The lowest BCUT2D eigenvalue weighted by molar-refractivity contribution is 0.152. The van der Waals surface area contributed by atoms with Gasteiger partial charge in [0.15, 0.2) is 0 Å². The van der Waals surface area contributed by atoms with E-state index in [1.165, 1.54) is 5.56 Å². The van der Waals surface area contributed by atoms with Crippen molar-refractivity contribution >= 4 is 23.5 Å². The number of pyridine rings is 2. The second kappa shape index (κ2) is 8.27. The van der Waals surface area contributed by atoms with Crippen LogP contribution in [0.25, 0.3) is 11.1 Å². The number of fused-ring (bicyclic) bond motifs is 1. The van der Waals surface area contributed by atoms with Crippen LogP contribution in [-0.2, 0) is 6.54 Å². The van der Waals surface area contributed by atoms with E-state index in [1.807, 2.05) is 12.3 Å². The topological polar surface area (TPSA) is 55.1 Å². The quantitative estimate of drug-likeness (QED) is 0.643. The maximum Gasteiger partial charge on any atom is 0.264 e. The summed E-state index contributed by atoms with van der Waals surface area (Å²) in [6, 6.07) is 5.54. The zero-order chi connectivity index (χ0) is 18.1. The Hall–Kier alpha value is -2.12. The van der Waals surface area contributed by atoms with Crippen molar-refractivity contribution in [1.29, 1.82) is 0 Å². The highest BCUT2D eigenvalue weighted by molar-refractivity contribution is 5.85. The van der Waals surface area contributed by atoms with Crippen LogP contribution < -0.4 is 0 Å². The molecule has 144 valence electrons. The van der Waals surface area contributed by atoms with Crippen LogP contribution in [-0.4, -0.2) is 33.1 Å². The summed E-state index contributed by atoms with van der Waals surface area (Å²) in [5, 5.41) is 4.14. The first kappa shape index (κ1) is 19.6. The molecule has 3 aromatic heterocycles. The van der Waals surface area contributed by atoms with Crippen molar-refractivity contribution in [3.63, 3.8) is 0 Å². The predicted octanol–water partition coefficient (Wildman–Crippen LogP) is 4.67. The van der Waals surface area contributed by atoms with Crippen molar-refractivity contribution < 1.29 is 13.3 Å². The van der Waals surface area contributed by atoms with E-state index in [2.05, 4.69) is 26.1 Å². The van der Waals surface area contributed by atoms with E-state index < -0.39 is 6.43 Å². The zero-order valence-electron chi connectivity index (χ0n) is 14.9. The first-order valence-corrected chi connectivity index (χ1v) is 8.78. The van der Waals surface area contributed by atoms with Crippen molar-refractivity contribution in [3.8, 4) is 0 Å². The Morgan fingerprint density at radius 3 is 2.74 bits per heavy atom. The largest absolute Gasteiger partial charge is 0.336 e. The highest BCUT2D eigenvalue weighted by atomic mass is 35.5. The van der Waals surface area contributed by atoms with E-state index in [-0.39, 0.29) is 29.6 Å². The molecule has 4 rings (SSSR count). The molecular weight excluding hydrogens is 374 g/mol. The number of hydrogen-bond acceptors (Lipinski definition) is 5. The van der Waals surface area contributed by atoms with Gasteiger partial charge in [-0.1, -0.05) is 11.2 Å². The van der Waals surface area contributed by atoms with Gasteiger partial charge in [0.25, 0.3) is 12.1 Å². The van der Waals surface area contributed by atoms with Gasteiger partial charge >= 0.3 is 0 Å². The average Bonchev–Trinajstić information content (AvgIpc) is 3.03. The van der Waals surface area contributed by atoms with Crippen LogP contribution in [0.4, 0.5) is 8.78 Å². The molecule has 0 aromatic carbocycles. The molecule has 4 heterocycles. The van der Waals surface area contributed by atoms with Gasteiger partial charge in [-0.15, -0.1) is 12.4 Å². The average molecular weight is 395 g/mol. The summed E-state index contributed by atoms with van der Waals surface area (Å²) in [6.07, 6.45) is 2.85. The number of nitrogens with zero attached hydrogens (tertiary/aromatic N) is 4. The fourth-order valence-electron chi connectivity index (χ4n) is 3.67. The second-order valence-corrected chi connectivity index (χ2v) is 6.80. The molecule has 0 N–H and O–H groups in total. The molecule has 1 aliphatic heterocycles. The summed E-state index contributed by atoms with van der Waals surface area (Å²) in [6.45, 7) is 4.32. The molecule has 0 amide bonds. The van der Waals surface area contributed by atoms with Gasteiger partial charge in [0.2, 0.25) is 0 Å². The molecule has 0 spiro atoms. The van der Waals surface area contributed by atoms with E-state index in [0.717, 1.165) is 32.5 Å². The van der Waals surface area contributed by atoms with E-state index >= 15 is 0 Å². The summed E-state index contributed by atoms with van der Waals surface area (Å²) in [5.41, 5.74) is 2.52. The minimum absolute atomic E-state index is 0. The third kappa shape index (κ3) is 4.09. The molecule has 0 aliphatic carbocycles. The molecule has 0 atom stereocenters. The van der Waals surface area contributed by atoms with Gasteiger partial charge in [-0.3, -0.25) is 9.88 Å². The third-order valence-corrected chi connectivity index (χ3v) is 5.04. The Balaban J connectivity index is 0.00000210. The van der Waals surface area contributed by atoms with Gasteiger partial charge in [0.05, 0.1) is 11.1 Å². The lowest BCUT2D eigenvalue weighted by Gasteiger charge is -2.31. The molecule has 5 nitrogen and oxygen atoms in total. The standard InChI is InChI=1S/C19H20F2N4O.ClH/c1-12-17-15(18(20)21)9-16(23-19(17)26-24-12)14-4-7-25(8-5-14)11-13-3-2-6-22-10-13;/h2-3,6,9-10,14,18H,4-5,7-8,11H2,1H3;1H. The van der Waals surface area contributed by atoms with Crippen molar-refractivity contribution in [2.45, 2.75) is 38.7 Å². The smallest absolute Gasteiger partial charge is 0.264 e. The van der Waals surface area contributed by atoms with Crippen LogP contribution in [0.2, 0.25) is 0 Å². The van der Waals surface area contributed by atoms with Gasteiger partial charge < -0.3 is 4.52 Å². The number of alkyl halides is 2. The van der Waals surface area contributed by atoms with Crippen LogP contribution in [0.5, 0.6) is 0 Å². The highest BCUT2D eigenvalue weighted by Crippen LogP contribution is 2.34. The number of halogens is 3. The first-order valence-electron chi connectivity index (χ1n) is 8.78. The van der Waals surface area contributed by atoms with Gasteiger partial charge in [-0.25, -0.2) is 13.8 Å². The van der Waals surface area contributed by atoms with E-state index in [4.69, 9.17) is 4.52 Å². The van der Waals surface area contributed by atoms with Crippen LogP contribution in [0.1, 0.15) is 47.7 Å². The number of aryl methyl sites for hydroxylation is 1. The molecule has 0 unspecified atom stereocenters. The number of piperidine rings is 1. The van der Waals surface area contributed by atoms with Gasteiger partial charge in [-0.2, -0.15) is 0 Å². The Labute approximate surface area is 162 Å². The minimum Gasteiger partial charge on any atom is -0.336 e. The van der Waals surface area contributed by atoms with Crippen molar-refractivity contribution in [2.24, 2.45) is 0 Å². The Kier molecular flexibility index (Phi) is 6.01. The lowest BCUT2D eigenvalue weighted by atomic mass is 9.91.